The molecular formula is C2H8NO10P. The lowest BCUT2D eigenvalue weighted by Crippen LogP contribution is -2.10. The zero-order valence-corrected chi connectivity index (χ0v) is 7.33. The van der Waals surface area contributed by atoms with E-state index in [0.29, 0.717) is 0 Å². The highest BCUT2D eigenvalue weighted by Crippen LogP contribution is 2.25. The van der Waals surface area contributed by atoms with Gasteiger partial charge in [-0.05, 0) is 0 Å². The second-order valence-electron chi connectivity index (χ2n) is 1.40. The Hall–Kier alpha value is -1.26. The van der Waals surface area contributed by atoms with Gasteiger partial charge < -0.3 is 30.1 Å². The van der Waals surface area contributed by atoms with Crippen molar-refractivity contribution in [1.29, 1.82) is 0 Å². The van der Waals surface area contributed by atoms with Gasteiger partial charge >= 0.3 is 13.8 Å². The fourth-order valence-corrected chi connectivity index (χ4v) is 0.108. The van der Waals surface area contributed by atoms with Crippen LogP contribution >= 0.6 is 7.82 Å². The predicted molar refractivity (Wildman–Crippen MR) is 38.5 cm³/mol. The van der Waals surface area contributed by atoms with Gasteiger partial charge in [0, 0.05) is 0 Å². The molecule has 0 aliphatic carbocycles. The van der Waals surface area contributed by atoms with Crippen LogP contribution in [0, 0.1) is 10.1 Å². The number of carboxylic acid groups (broad SMARTS) is 1. The molecule has 0 radical (unpaired) electrons. The molecule has 0 unspecified atom stereocenters. The molecule has 14 heavy (non-hydrogen) atoms. The van der Waals surface area contributed by atoms with E-state index in [1.807, 2.05) is 0 Å². The Morgan fingerprint density at radius 3 is 1.79 bits per heavy atom. The van der Waals surface area contributed by atoms with Crippen LogP contribution < -0.4 is 0 Å². The van der Waals surface area contributed by atoms with E-state index in [1.165, 1.54) is 0 Å². The standard InChI is InChI=1S/C2H3NO5.H3O4P.H2O/c4-2(5)1-8-3(6)7;1-5(2,3)4;/h1H2,(H,4,5);(H3,1,2,3,4);1H2. The Morgan fingerprint density at radius 2 is 1.71 bits per heavy atom. The molecule has 11 nitrogen and oxygen atoms in total. The molecule has 12 heteroatoms. The summed E-state index contributed by atoms with van der Waals surface area (Å²) in [5.41, 5.74) is 0. The Balaban J connectivity index is -0.000000177. The predicted octanol–water partition coefficient (Wildman–Crippen LogP) is -2.47. The van der Waals surface area contributed by atoms with Gasteiger partial charge in [0.1, 0.15) is 0 Å². The lowest BCUT2D eigenvalue weighted by Gasteiger charge is -1.88. The van der Waals surface area contributed by atoms with Crippen molar-refractivity contribution in [2.24, 2.45) is 0 Å². The van der Waals surface area contributed by atoms with Crippen molar-refractivity contribution in [1.82, 2.24) is 0 Å². The van der Waals surface area contributed by atoms with Gasteiger partial charge in [0.05, 0.1) is 0 Å². The Labute approximate surface area is 76.2 Å². The van der Waals surface area contributed by atoms with Crippen molar-refractivity contribution < 1.29 is 44.5 Å². The van der Waals surface area contributed by atoms with Gasteiger partial charge in [-0.15, -0.1) is 10.1 Å². The van der Waals surface area contributed by atoms with Crippen LogP contribution in [0.2, 0.25) is 0 Å². The minimum atomic E-state index is -4.64. The Morgan fingerprint density at radius 1 is 1.43 bits per heavy atom. The molecule has 0 aromatic heterocycles. The highest BCUT2D eigenvalue weighted by molar-refractivity contribution is 7.45. The molecular weight excluding hydrogens is 229 g/mol. The quantitative estimate of drug-likeness (QED) is 0.233. The maximum absolute atomic E-state index is 9.47. The molecule has 86 valence electrons. The van der Waals surface area contributed by atoms with E-state index >= 15 is 0 Å². The third kappa shape index (κ3) is 72.8. The van der Waals surface area contributed by atoms with Crippen LogP contribution in [0.25, 0.3) is 0 Å². The fraction of sp³-hybridized carbons (Fsp3) is 0.500. The van der Waals surface area contributed by atoms with Crippen LogP contribution in [-0.2, 0) is 14.2 Å². The van der Waals surface area contributed by atoms with Crippen LogP contribution in [0.3, 0.4) is 0 Å². The fourth-order valence-electron chi connectivity index (χ4n) is 0.108. The van der Waals surface area contributed by atoms with E-state index in [9.17, 15) is 14.9 Å². The number of carboxylic acids is 1. The van der Waals surface area contributed by atoms with Crippen LogP contribution in [-0.4, -0.2) is 42.9 Å². The summed E-state index contributed by atoms with van der Waals surface area (Å²) in [6.45, 7) is -0.896. The second-order valence-corrected chi connectivity index (χ2v) is 2.43. The number of nitrogens with zero attached hydrogens (tertiary/aromatic N) is 1. The first-order chi connectivity index (χ1) is 5.63. The van der Waals surface area contributed by atoms with Crippen LogP contribution in [0.4, 0.5) is 0 Å². The number of hydrogen-bond acceptors (Lipinski definition) is 5. The maximum atomic E-state index is 9.47. The van der Waals surface area contributed by atoms with E-state index in [2.05, 4.69) is 4.84 Å². The van der Waals surface area contributed by atoms with E-state index in [4.69, 9.17) is 24.4 Å². The van der Waals surface area contributed by atoms with Crippen molar-refractivity contribution in [2.45, 2.75) is 0 Å². The van der Waals surface area contributed by atoms with Gasteiger partial charge in [-0.25, -0.2) is 4.57 Å². The number of aliphatic carboxylic acids is 1. The minimum Gasteiger partial charge on any atom is -0.480 e. The second kappa shape index (κ2) is 8.34. The molecule has 0 aliphatic heterocycles. The molecule has 0 heterocycles. The third-order valence-corrected chi connectivity index (χ3v) is 0.293. The smallest absolute Gasteiger partial charge is 0.466 e. The summed E-state index contributed by atoms with van der Waals surface area (Å²) in [5.74, 6) is -1.36. The summed E-state index contributed by atoms with van der Waals surface area (Å²) in [6.07, 6.45) is 0. The molecule has 0 spiro atoms. The lowest BCUT2D eigenvalue weighted by molar-refractivity contribution is -0.754. The van der Waals surface area contributed by atoms with Crippen molar-refractivity contribution in [3.05, 3.63) is 10.1 Å². The van der Waals surface area contributed by atoms with Gasteiger partial charge in [0.25, 0.3) is 5.09 Å². The molecule has 0 aromatic carbocycles. The maximum Gasteiger partial charge on any atom is 0.466 e. The first-order valence-electron chi connectivity index (χ1n) is 2.40. The van der Waals surface area contributed by atoms with E-state index in [0.717, 1.165) is 0 Å². The van der Waals surface area contributed by atoms with Crippen LogP contribution in [0.1, 0.15) is 0 Å². The normalized spacial score (nSPS) is 8.79. The molecule has 0 amide bonds. The summed E-state index contributed by atoms with van der Waals surface area (Å²) < 4.78 is 8.88. The van der Waals surface area contributed by atoms with Crippen molar-refractivity contribution in [2.75, 3.05) is 6.61 Å². The monoisotopic (exact) mass is 237 g/mol. The molecule has 0 saturated heterocycles. The van der Waals surface area contributed by atoms with E-state index < -0.39 is 25.5 Å². The number of phosphoric acid groups is 1. The van der Waals surface area contributed by atoms with E-state index in [-0.39, 0.29) is 5.48 Å². The highest BCUT2D eigenvalue weighted by Gasteiger charge is 2.00. The first kappa shape index (κ1) is 18.5. The topological polar surface area (TPSA) is 199 Å². The average Bonchev–Trinajstić information content (AvgIpc) is 1.79. The Bertz CT molecular complexity index is 196. The molecule has 0 aromatic rings. The number of carbonyl (C=O) groups is 1. The largest absolute Gasteiger partial charge is 0.480 e. The van der Waals surface area contributed by atoms with Crippen molar-refractivity contribution in [3.8, 4) is 0 Å². The number of rotatable bonds is 3. The van der Waals surface area contributed by atoms with Crippen LogP contribution in [0.15, 0.2) is 0 Å². The zero-order chi connectivity index (χ0) is 11.1. The van der Waals surface area contributed by atoms with Gasteiger partial charge in [-0.3, -0.25) is 4.79 Å². The first-order valence-corrected chi connectivity index (χ1v) is 3.97. The minimum absolute atomic E-state index is 0. The summed E-state index contributed by atoms with van der Waals surface area (Å²) in [4.78, 5) is 43.7. The molecule has 0 rings (SSSR count). The Kier molecular flexibility index (Phi) is 11.0. The summed E-state index contributed by atoms with van der Waals surface area (Å²) in [5, 5.41) is 15.8. The summed E-state index contributed by atoms with van der Waals surface area (Å²) in [7, 11) is -4.64. The van der Waals surface area contributed by atoms with Crippen molar-refractivity contribution >= 4 is 13.8 Å². The molecule has 6 N–H and O–H groups in total. The highest BCUT2D eigenvalue weighted by atomic mass is 31.2. The molecule has 0 aliphatic rings. The molecule has 0 fully saturated rings. The molecule has 0 atom stereocenters. The SMILES string of the molecule is O.O=C(O)CO[N+](=O)[O-].O=P(O)(O)O. The zero-order valence-electron chi connectivity index (χ0n) is 6.43. The summed E-state index contributed by atoms with van der Waals surface area (Å²) in [6, 6.07) is 0. The number of hydrogen-bond donors (Lipinski definition) is 4. The third-order valence-electron chi connectivity index (χ3n) is 0.293. The molecule has 0 bridgehead atoms. The van der Waals surface area contributed by atoms with Gasteiger partial charge in [0.2, 0.25) is 0 Å². The molecule has 0 saturated carbocycles. The van der Waals surface area contributed by atoms with Crippen molar-refractivity contribution in [3.63, 3.8) is 0 Å². The van der Waals surface area contributed by atoms with Gasteiger partial charge in [0.15, 0.2) is 6.61 Å². The summed E-state index contributed by atoms with van der Waals surface area (Å²) >= 11 is 0. The van der Waals surface area contributed by atoms with Gasteiger partial charge in [-0.1, -0.05) is 0 Å². The van der Waals surface area contributed by atoms with E-state index in [1.54, 1.807) is 0 Å². The average molecular weight is 237 g/mol. The lowest BCUT2D eigenvalue weighted by atomic mass is 10.8. The van der Waals surface area contributed by atoms with Crippen LogP contribution in [0.5, 0.6) is 0 Å². The van der Waals surface area contributed by atoms with Gasteiger partial charge in [-0.2, -0.15) is 0 Å².